The molecule has 0 saturated heterocycles. The van der Waals surface area contributed by atoms with Gasteiger partial charge in [-0.15, -0.1) is 0 Å². The molecule has 0 fully saturated rings. The molecular formula is C21H48O4Si2. The van der Waals surface area contributed by atoms with Gasteiger partial charge in [0, 0.05) is 24.4 Å². The lowest BCUT2D eigenvalue weighted by Crippen LogP contribution is -2.51. The molecule has 0 saturated carbocycles. The van der Waals surface area contributed by atoms with Gasteiger partial charge in [0.15, 0.2) is 0 Å². The van der Waals surface area contributed by atoms with E-state index in [2.05, 4.69) is 83.1 Å². The molecule has 0 aromatic heterocycles. The van der Waals surface area contributed by atoms with Crippen molar-refractivity contribution in [2.75, 3.05) is 0 Å². The molecule has 0 aromatic rings. The van der Waals surface area contributed by atoms with Crippen molar-refractivity contribution in [1.29, 1.82) is 0 Å². The smallest absolute Gasteiger partial charge is 0.341 e. The highest BCUT2D eigenvalue weighted by Crippen LogP contribution is 2.37. The predicted molar refractivity (Wildman–Crippen MR) is 121 cm³/mol. The lowest BCUT2D eigenvalue weighted by molar-refractivity contribution is 0.0937. The van der Waals surface area contributed by atoms with Crippen LogP contribution in [0, 0.1) is 0 Å². The molecule has 0 aliphatic rings. The summed E-state index contributed by atoms with van der Waals surface area (Å²) in [6.07, 6.45) is 1.77. The quantitative estimate of drug-likeness (QED) is 0.290. The van der Waals surface area contributed by atoms with E-state index in [1.54, 1.807) is 0 Å². The van der Waals surface area contributed by atoms with E-state index in [1.807, 2.05) is 0 Å². The molecule has 0 radical (unpaired) electrons. The van der Waals surface area contributed by atoms with Crippen LogP contribution in [0.1, 0.15) is 89.5 Å². The Morgan fingerprint density at radius 1 is 0.444 bits per heavy atom. The first-order valence-corrected chi connectivity index (χ1v) is 15.2. The van der Waals surface area contributed by atoms with E-state index in [1.165, 1.54) is 0 Å². The van der Waals surface area contributed by atoms with Crippen LogP contribution in [-0.2, 0) is 17.7 Å². The summed E-state index contributed by atoms with van der Waals surface area (Å²) in [5, 5.41) is 0. The maximum atomic E-state index is 6.50. The van der Waals surface area contributed by atoms with Gasteiger partial charge in [-0.25, -0.2) is 0 Å². The first kappa shape index (κ1) is 27.3. The Bertz CT molecular complexity index is 340. The summed E-state index contributed by atoms with van der Waals surface area (Å²) in [6, 6.07) is 1.98. The van der Waals surface area contributed by atoms with E-state index in [-0.39, 0.29) is 24.4 Å². The molecule has 0 atom stereocenters. The molecule has 0 unspecified atom stereocenters. The third kappa shape index (κ3) is 9.54. The predicted octanol–water partition coefficient (Wildman–Crippen LogP) is 6.78. The first-order valence-electron chi connectivity index (χ1n) is 11.0. The van der Waals surface area contributed by atoms with Crippen LogP contribution in [0.4, 0.5) is 0 Å². The number of hydrogen-bond acceptors (Lipinski definition) is 4. The molecule has 0 bridgehead atoms. The van der Waals surface area contributed by atoms with E-state index in [4.69, 9.17) is 17.7 Å². The number of rotatable bonds is 14. The van der Waals surface area contributed by atoms with E-state index < -0.39 is 17.1 Å². The third-order valence-corrected chi connectivity index (χ3v) is 13.7. The van der Waals surface area contributed by atoms with Gasteiger partial charge in [0.1, 0.15) is 0 Å². The Morgan fingerprint density at radius 3 is 0.815 bits per heavy atom. The van der Waals surface area contributed by atoms with Crippen LogP contribution in [-0.4, -0.2) is 41.5 Å². The van der Waals surface area contributed by atoms with Gasteiger partial charge < -0.3 is 17.7 Å². The highest BCUT2D eigenvalue weighted by atomic mass is 28.4. The van der Waals surface area contributed by atoms with Crippen LogP contribution in [0.25, 0.3) is 0 Å². The summed E-state index contributed by atoms with van der Waals surface area (Å²) in [5.41, 5.74) is 0.823. The second-order valence-corrected chi connectivity index (χ2v) is 17.0. The minimum Gasteiger partial charge on any atom is -0.392 e. The lowest BCUT2D eigenvalue weighted by atomic mass is 10.5. The minimum atomic E-state index is -2.30. The highest BCUT2D eigenvalue weighted by Gasteiger charge is 2.46. The maximum absolute atomic E-state index is 6.50. The summed E-state index contributed by atoms with van der Waals surface area (Å²) in [4.78, 5) is 0. The van der Waals surface area contributed by atoms with Crippen molar-refractivity contribution in [2.45, 2.75) is 137 Å². The van der Waals surface area contributed by atoms with Gasteiger partial charge in [-0.3, -0.25) is 0 Å². The Balaban J connectivity index is 5.45. The summed E-state index contributed by atoms with van der Waals surface area (Å²) in [7, 11) is -4.60. The van der Waals surface area contributed by atoms with Gasteiger partial charge in [-0.1, -0.05) is 27.7 Å². The third-order valence-electron chi connectivity index (χ3n) is 4.55. The van der Waals surface area contributed by atoms with Gasteiger partial charge in [0.25, 0.3) is 0 Å². The molecule has 0 amide bonds. The molecule has 0 spiro atoms. The first-order chi connectivity index (χ1) is 12.3. The molecule has 4 nitrogen and oxygen atoms in total. The van der Waals surface area contributed by atoms with Gasteiger partial charge in [0.05, 0.1) is 0 Å². The van der Waals surface area contributed by atoms with E-state index in [0.29, 0.717) is 11.1 Å². The van der Waals surface area contributed by atoms with Crippen LogP contribution < -0.4 is 0 Å². The summed E-state index contributed by atoms with van der Waals surface area (Å²) in [6.45, 7) is 25.9. The fraction of sp³-hybridized carbons (Fsp3) is 1.00. The minimum absolute atomic E-state index is 0.184. The highest BCUT2D eigenvalue weighted by molar-refractivity contribution is 6.70. The Labute approximate surface area is 172 Å². The van der Waals surface area contributed by atoms with Crippen molar-refractivity contribution in [3.05, 3.63) is 0 Å². The Hall–Kier alpha value is 0.274. The van der Waals surface area contributed by atoms with Crippen LogP contribution in [0.15, 0.2) is 0 Å². The molecule has 0 heterocycles. The van der Waals surface area contributed by atoms with E-state index in [0.717, 1.165) is 18.5 Å². The standard InChI is InChI=1S/C21H48O4Si2/c1-16(2)22-26(20(9)10,23-17(3)4)14-13-15-27(21(11)12,24-18(5)6)25-19(7)8/h16-21H,13-15H2,1-12H3. The number of hydrogen-bond donors (Lipinski definition) is 0. The zero-order valence-electron chi connectivity index (χ0n) is 20.2. The molecule has 27 heavy (non-hydrogen) atoms. The SMILES string of the molecule is CC(C)O[Si](CCC[Si](OC(C)C)(OC(C)C)C(C)C)(OC(C)C)C(C)C. The summed E-state index contributed by atoms with van der Waals surface area (Å²) in [5.74, 6) is 0. The normalized spacial score (nSPS) is 14.0. The van der Waals surface area contributed by atoms with Crippen molar-refractivity contribution < 1.29 is 17.7 Å². The monoisotopic (exact) mass is 420 g/mol. The van der Waals surface area contributed by atoms with E-state index in [9.17, 15) is 0 Å². The fourth-order valence-electron chi connectivity index (χ4n) is 3.59. The molecule has 0 aromatic carbocycles. The average Bonchev–Trinajstić information content (AvgIpc) is 2.43. The van der Waals surface area contributed by atoms with Gasteiger partial charge >= 0.3 is 17.1 Å². The Morgan fingerprint density at radius 2 is 0.667 bits per heavy atom. The van der Waals surface area contributed by atoms with Crippen molar-refractivity contribution in [3.8, 4) is 0 Å². The topological polar surface area (TPSA) is 36.9 Å². The molecular weight excluding hydrogens is 372 g/mol. The summed E-state index contributed by atoms with van der Waals surface area (Å²) >= 11 is 0. The van der Waals surface area contributed by atoms with Crippen molar-refractivity contribution in [3.63, 3.8) is 0 Å². The zero-order chi connectivity index (χ0) is 21.4. The fourth-order valence-corrected chi connectivity index (χ4v) is 11.3. The van der Waals surface area contributed by atoms with Crippen molar-refractivity contribution in [2.24, 2.45) is 0 Å². The molecule has 6 heteroatoms. The van der Waals surface area contributed by atoms with Crippen LogP contribution in [0.5, 0.6) is 0 Å². The lowest BCUT2D eigenvalue weighted by Gasteiger charge is -2.40. The van der Waals surface area contributed by atoms with Gasteiger partial charge in [-0.2, -0.15) is 0 Å². The molecule has 0 N–H and O–H groups in total. The Kier molecular flexibility index (Phi) is 12.2. The average molecular weight is 421 g/mol. The molecule has 0 rings (SSSR count). The molecule has 0 aliphatic heterocycles. The van der Waals surface area contributed by atoms with Crippen LogP contribution in [0.2, 0.25) is 23.2 Å². The van der Waals surface area contributed by atoms with Gasteiger partial charge in [0.2, 0.25) is 0 Å². The van der Waals surface area contributed by atoms with Crippen molar-refractivity contribution >= 4 is 17.1 Å². The van der Waals surface area contributed by atoms with Crippen molar-refractivity contribution in [1.82, 2.24) is 0 Å². The second-order valence-electron chi connectivity index (χ2n) is 9.45. The zero-order valence-corrected chi connectivity index (χ0v) is 22.2. The second kappa shape index (κ2) is 12.1. The summed E-state index contributed by atoms with van der Waals surface area (Å²) < 4.78 is 26.0. The maximum Gasteiger partial charge on any atom is 0.341 e. The largest absolute Gasteiger partial charge is 0.392 e. The molecule has 164 valence electrons. The van der Waals surface area contributed by atoms with E-state index >= 15 is 0 Å². The molecule has 0 aliphatic carbocycles. The van der Waals surface area contributed by atoms with Crippen LogP contribution in [0.3, 0.4) is 0 Å². The van der Waals surface area contributed by atoms with Crippen LogP contribution >= 0.6 is 0 Å². The van der Waals surface area contributed by atoms with Gasteiger partial charge in [-0.05, 0) is 85.0 Å².